The molecule has 1 unspecified atom stereocenters. The zero-order valence-corrected chi connectivity index (χ0v) is 11.2. The number of hydrogen-bond acceptors (Lipinski definition) is 3. The zero-order valence-electron chi connectivity index (χ0n) is 11.2. The van der Waals surface area contributed by atoms with Crippen LogP contribution >= 0.6 is 0 Å². The van der Waals surface area contributed by atoms with Gasteiger partial charge < -0.3 is 14.8 Å². The van der Waals surface area contributed by atoms with E-state index in [1.807, 2.05) is 6.92 Å². The summed E-state index contributed by atoms with van der Waals surface area (Å²) >= 11 is 0. The van der Waals surface area contributed by atoms with E-state index >= 15 is 0 Å². The van der Waals surface area contributed by atoms with Crippen molar-refractivity contribution in [2.45, 2.75) is 46.1 Å². The van der Waals surface area contributed by atoms with Crippen molar-refractivity contribution in [2.24, 2.45) is 0 Å². The van der Waals surface area contributed by atoms with Gasteiger partial charge in [0.15, 0.2) is 5.76 Å². The first-order valence-corrected chi connectivity index (χ1v) is 5.93. The summed E-state index contributed by atoms with van der Waals surface area (Å²) in [6, 6.07) is 1.74. The number of nitrogens with one attached hydrogen (secondary N) is 1. The number of furan rings is 1. The minimum absolute atomic E-state index is 0.177. The Bertz CT molecular complexity index is 464. The third-order valence-electron chi connectivity index (χ3n) is 2.86. The molecule has 1 aromatic rings. The summed E-state index contributed by atoms with van der Waals surface area (Å²) in [5, 5.41) is 11.7. The average molecular weight is 253 g/mol. The van der Waals surface area contributed by atoms with Gasteiger partial charge in [0.25, 0.3) is 5.91 Å². The maximum atomic E-state index is 12.0. The lowest BCUT2D eigenvalue weighted by Crippen LogP contribution is -2.52. The van der Waals surface area contributed by atoms with E-state index in [0.717, 1.165) is 0 Å². The van der Waals surface area contributed by atoms with Gasteiger partial charge in [-0.1, -0.05) is 13.3 Å². The maximum Gasteiger partial charge on any atom is 0.329 e. The van der Waals surface area contributed by atoms with Crippen LogP contribution in [0.4, 0.5) is 0 Å². The van der Waals surface area contributed by atoms with Crippen LogP contribution in [0.2, 0.25) is 0 Å². The number of amides is 1. The second-order valence-corrected chi connectivity index (χ2v) is 4.71. The van der Waals surface area contributed by atoms with Gasteiger partial charge >= 0.3 is 5.97 Å². The Labute approximate surface area is 106 Å². The molecule has 0 saturated carbocycles. The predicted octanol–water partition coefficient (Wildman–Crippen LogP) is 2.27. The smallest absolute Gasteiger partial charge is 0.329 e. The van der Waals surface area contributed by atoms with Gasteiger partial charge in [-0.2, -0.15) is 0 Å². The van der Waals surface area contributed by atoms with E-state index in [2.05, 4.69) is 5.32 Å². The molecule has 0 spiro atoms. The Kier molecular flexibility index (Phi) is 4.16. The molecular formula is C13H19NO4. The summed E-state index contributed by atoms with van der Waals surface area (Å²) in [5.41, 5.74) is -0.562. The molecule has 18 heavy (non-hydrogen) atoms. The first kappa shape index (κ1) is 14.3. The van der Waals surface area contributed by atoms with Gasteiger partial charge in [0.05, 0.1) is 0 Å². The lowest BCUT2D eigenvalue weighted by atomic mass is 9.96. The van der Waals surface area contributed by atoms with Gasteiger partial charge in [-0.3, -0.25) is 4.79 Å². The van der Waals surface area contributed by atoms with Crippen LogP contribution in [-0.2, 0) is 4.79 Å². The fourth-order valence-corrected chi connectivity index (χ4v) is 1.90. The highest BCUT2D eigenvalue weighted by atomic mass is 16.4. The molecule has 0 bridgehead atoms. The minimum Gasteiger partial charge on any atom is -0.480 e. The first-order valence-electron chi connectivity index (χ1n) is 5.93. The van der Waals surface area contributed by atoms with Gasteiger partial charge in [-0.15, -0.1) is 0 Å². The Hall–Kier alpha value is -1.78. The molecule has 0 radical (unpaired) electrons. The topological polar surface area (TPSA) is 79.5 Å². The van der Waals surface area contributed by atoms with Crippen molar-refractivity contribution >= 4 is 11.9 Å². The molecule has 1 amide bonds. The quantitative estimate of drug-likeness (QED) is 0.843. The molecule has 1 heterocycles. The predicted molar refractivity (Wildman–Crippen MR) is 66.6 cm³/mol. The summed E-state index contributed by atoms with van der Waals surface area (Å²) in [6.45, 7) is 6.87. The number of hydrogen-bond donors (Lipinski definition) is 2. The number of carboxylic acid groups (broad SMARTS) is 1. The third-order valence-corrected chi connectivity index (χ3v) is 2.86. The summed E-state index contributed by atoms with van der Waals surface area (Å²) in [5.74, 6) is -0.723. The number of aliphatic carboxylic acids is 1. The number of rotatable bonds is 5. The third kappa shape index (κ3) is 2.91. The highest BCUT2D eigenvalue weighted by molar-refractivity contribution is 5.96. The number of carbonyl (C=O) groups is 2. The minimum atomic E-state index is -1.26. The molecule has 1 aromatic heterocycles. The summed E-state index contributed by atoms with van der Waals surface area (Å²) in [4.78, 5) is 23.2. The molecule has 0 fully saturated rings. The molecule has 5 nitrogen and oxygen atoms in total. The van der Waals surface area contributed by atoms with E-state index in [9.17, 15) is 14.7 Å². The first-order chi connectivity index (χ1) is 8.30. The van der Waals surface area contributed by atoms with Gasteiger partial charge in [-0.25, -0.2) is 4.79 Å². The largest absolute Gasteiger partial charge is 0.480 e. The molecule has 1 rings (SSSR count). The molecular weight excluding hydrogens is 234 g/mol. The van der Waals surface area contributed by atoms with Crippen molar-refractivity contribution in [3.05, 3.63) is 23.2 Å². The molecule has 0 aliphatic heterocycles. The molecule has 100 valence electrons. The monoisotopic (exact) mass is 253 g/mol. The number of carbonyl (C=O) groups excluding carboxylic acids is 1. The Morgan fingerprint density at radius 3 is 2.44 bits per heavy atom. The van der Waals surface area contributed by atoms with Crippen LogP contribution in [-0.4, -0.2) is 22.5 Å². The van der Waals surface area contributed by atoms with Crippen LogP contribution in [0.5, 0.6) is 0 Å². The Morgan fingerprint density at radius 1 is 1.44 bits per heavy atom. The summed E-state index contributed by atoms with van der Waals surface area (Å²) < 4.78 is 5.27. The second kappa shape index (κ2) is 5.25. The zero-order chi connectivity index (χ0) is 13.9. The van der Waals surface area contributed by atoms with Crippen molar-refractivity contribution < 1.29 is 19.1 Å². The van der Waals surface area contributed by atoms with Crippen molar-refractivity contribution in [3.8, 4) is 0 Å². The van der Waals surface area contributed by atoms with Crippen LogP contribution in [0.15, 0.2) is 10.5 Å². The Morgan fingerprint density at radius 2 is 2.06 bits per heavy atom. The molecule has 0 saturated heterocycles. The van der Waals surface area contributed by atoms with E-state index in [4.69, 9.17) is 4.42 Å². The standard InChI is InChI=1S/C13H19NO4/c1-5-6-13(4,12(16)17)14-11(15)10-8(2)7-9(3)18-10/h7H,5-6H2,1-4H3,(H,14,15)(H,16,17). The van der Waals surface area contributed by atoms with E-state index in [0.29, 0.717) is 24.2 Å². The average Bonchev–Trinajstić information content (AvgIpc) is 2.57. The van der Waals surface area contributed by atoms with E-state index in [1.54, 1.807) is 19.9 Å². The molecule has 2 N–H and O–H groups in total. The van der Waals surface area contributed by atoms with E-state index in [1.165, 1.54) is 6.92 Å². The van der Waals surface area contributed by atoms with E-state index in [-0.39, 0.29) is 5.76 Å². The number of aryl methyl sites for hydroxylation is 2. The van der Waals surface area contributed by atoms with Crippen molar-refractivity contribution in [2.75, 3.05) is 0 Å². The molecule has 0 aliphatic carbocycles. The van der Waals surface area contributed by atoms with Crippen LogP contribution in [0.25, 0.3) is 0 Å². The maximum absolute atomic E-state index is 12.0. The van der Waals surface area contributed by atoms with Crippen molar-refractivity contribution in [3.63, 3.8) is 0 Å². The van der Waals surface area contributed by atoms with Gasteiger partial charge in [-0.05, 0) is 33.3 Å². The summed E-state index contributed by atoms with van der Waals surface area (Å²) in [7, 11) is 0. The summed E-state index contributed by atoms with van der Waals surface area (Å²) in [6.07, 6.45) is 1.03. The highest BCUT2D eigenvalue weighted by Crippen LogP contribution is 2.17. The van der Waals surface area contributed by atoms with Gasteiger partial charge in [0, 0.05) is 5.56 Å². The van der Waals surface area contributed by atoms with Gasteiger partial charge in [0.1, 0.15) is 11.3 Å². The van der Waals surface area contributed by atoms with Crippen LogP contribution in [0, 0.1) is 13.8 Å². The molecule has 5 heteroatoms. The fourth-order valence-electron chi connectivity index (χ4n) is 1.90. The van der Waals surface area contributed by atoms with Crippen LogP contribution in [0.1, 0.15) is 48.6 Å². The van der Waals surface area contributed by atoms with Crippen LogP contribution < -0.4 is 5.32 Å². The number of carboxylic acids is 1. The second-order valence-electron chi connectivity index (χ2n) is 4.71. The van der Waals surface area contributed by atoms with Crippen molar-refractivity contribution in [1.82, 2.24) is 5.32 Å². The molecule has 0 aliphatic rings. The van der Waals surface area contributed by atoms with Gasteiger partial charge in [0.2, 0.25) is 0 Å². The van der Waals surface area contributed by atoms with Crippen LogP contribution in [0.3, 0.4) is 0 Å². The SMILES string of the molecule is CCCC(C)(NC(=O)c1oc(C)cc1C)C(=O)O. The fraction of sp³-hybridized carbons (Fsp3) is 0.538. The lowest BCUT2D eigenvalue weighted by molar-refractivity contribution is -0.144. The molecule has 1 atom stereocenters. The molecule has 0 aromatic carbocycles. The van der Waals surface area contributed by atoms with E-state index < -0.39 is 17.4 Å². The normalized spacial score (nSPS) is 14.0. The van der Waals surface area contributed by atoms with Crippen molar-refractivity contribution in [1.29, 1.82) is 0 Å². The highest BCUT2D eigenvalue weighted by Gasteiger charge is 2.35. The Balaban J connectivity index is 2.92. The lowest BCUT2D eigenvalue weighted by Gasteiger charge is -2.25.